The Morgan fingerprint density at radius 2 is 0.784 bits per heavy atom. The van der Waals surface area contributed by atoms with Crippen LogP contribution in [-0.4, -0.2) is 193 Å². The Kier molecular flexibility index (Phi) is 43.7. The van der Waals surface area contributed by atoms with Crippen LogP contribution in [0.2, 0.25) is 0 Å². The summed E-state index contributed by atoms with van der Waals surface area (Å²) in [6.45, 7) is 1.45. The minimum atomic E-state index is -1.98. The second kappa shape index (κ2) is 49.4. The zero-order chi connectivity index (χ0) is 64.0. The smallest absolute Gasteiger partial charge is 0.220 e. The predicted octanol–water partition coefficient (Wildman–Crippen LogP) is 7.20. The second-order valence-electron chi connectivity index (χ2n) is 22.1. The molecule has 3 aliphatic rings. The third-order valence-electron chi connectivity index (χ3n) is 14.9. The van der Waals surface area contributed by atoms with E-state index >= 15 is 0 Å². The number of amides is 1. The highest BCUT2D eigenvalue weighted by Gasteiger charge is 2.53. The molecule has 19 nitrogen and oxygen atoms in total. The fraction of sp³-hybridized carbons (Fsp3) is 0.638. The van der Waals surface area contributed by atoms with Crippen molar-refractivity contribution in [2.24, 2.45) is 0 Å². The van der Waals surface area contributed by atoms with Gasteiger partial charge in [0.1, 0.15) is 73.2 Å². The van der Waals surface area contributed by atoms with Gasteiger partial charge in [-0.05, 0) is 103 Å². The highest BCUT2D eigenvalue weighted by atomic mass is 16.8. The Bertz CT molecular complexity index is 2170. The summed E-state index contributed by atoms with van der Waals surface area (Å²) in [5, 5.41) is 119. The maximum absolute atomic E-state index is 13.2. The number of unbranched alkanes of at least 4 members (excludes halogenated alkanes) is 5. The van der Waals surface area contributed by atoms with Gasteiger partial charge in [-0.3, -0.25) is 4.79 Å². The molecule has 3 fully saturated rings. The zero-order valence-electron chi connectivity index (χ0n) is 52.1. The lowest BCUT2D eigenvalue weighted by molar-refractivity contribution is -0.379. The largest absolute Gasteiger partial charge is 0.394 e. The van der Waals surface area contributed by atoms with Crippen molar-refractivity contribution in [3.05, 3.63) is 146 Å². The van der Waals surface area contributed by atoms with E-state index in [0.717, 1.165) is 109 Å². The second-order valence-corrected chi connectivity index (χ2v) is 22.1. The highest BCUT2D eigenvalue weighted by Crippen LogP contribution is 2.33. The van der Waals surface area contributed by atoms with Crippen molar-refractivity contribution in [3.8, 4) is 0 Å². The van der Waals surface area contributed by atoms with Crippen LogP contribution in [0.25, 0.3) is 0 Å². The number of hydrogen-bond donors (Lipinski definition) is 12. The molecule has 0 radical (unpaired) electrons. The summed E-state index contributed by atoms with van der Waals surface area (Å²) in [6, 6.07) is -0.917. The summed E-state index contributed by atoms with van der Waals surface area (Å²) in [6.07, 6.45) is 43.4. The molecule has 3 aliphatic heterocycles. The molecule has 0 saturated carbocycles. The van der Waals surface area contributed by atoms with Gasteiger partial charge in [0.05, 0.1) is 38.6 Å². The molecule has 0 aromatic heterocycles. The van der Waals surface area contributed by atoms with Crippen LogP contribution in [0, 0.1) is 0 Å². The van der Waals surface area contributed by atoms with Gasteiger partial charge in [-0.1, -0.05) is 185 Å². The lowest BCUT2D eigenvalue weighted by Gasteiger charge is -2.48. The van der Waals surface area contributed by atoms with Crippen LogP contribution in [0.4, 0.5) is 0 Å². The predicted molar refractivity (Wildman–Crippen MR) is 341 cm³/mol. The number of carbonyl (C=O) groups is 1. The Morgan fingerprint density at radius 1 is 0.420 bits per heavy atom. The summed E-state index contributed by atoms with van der Waals surface area (Å²) in [5.41, 5.74) is 0. The Balaban J connectivity index is 1.30. The highest BCUT2D eigenvalue weighted by molar-refractivity contribution is 5.76. The van der Waals surface area contributed by atoms with Gasteiger partial charge in [-0.15, -0.1) is 0 Å². The van der Waals surface area contributed by atoms with Crippen LogP contribution < -0.4 is 5.32 Å². The van der Waals surface area contributed by atoms with Gasteiger partial charge in [-0.2, -0.15) is 0 Å². The molecule has 0 aromatic carbocycles. The Labute approximate surface area is 523 Å². The molecule has 19 heteroatoms. The number of rotatable bonds is 45. The van der Waals surface area contributed by atoms with Gasteiger partial charge >= 0.3 is 0 Å². The van der Waals surface area contributed by atoms with Gasteiger partial charge < -0.3 is 89.9 Å². The number of allylic oxidation sites excluding steroid dienone is 24. The van der Waals surface area contributed by atoms with Crippen molar-refractivity contribution in [1.29, 1.82) is 0 Å². The van der Waals surface area contributed by atoms with E-state index in [4.69, 9.17) is 28.4 Å². The molecule has 17 unspecified atom stereocenters. The standard InChI is InChI=1S/C69H109NO18/c1-3-5-7-9-10-11-12-13-14-15-16-17-18-19-20-21-22-23-24-25-26-27-28-29-30-31-32-33-34-35-36-37-38-39-40-41-42-43-45-47-57(75)70-52(53(74)46-44-8-6-4-2)51-83-67-63(81)60(78)65(55(49-72)85-67)88-69-64(82)61(79)66(56(50-73)86-69)87-68-62(80)59(77)58(76)54(48-71)84-68/h5,7,10-11,13-14,16-17,19-20,22-23,25-26,28-29,31-32,34-35,37-38,40-41,52-56,58-69,71-74,76-82H,3-4,6,8-9,12,15,18,21,24,27,30,33,36,39,42-51H2,1-2H3,(H,70,75)/b7-5-,11-10-,14-13-,17-16-,20-19-,23-22-,26-25-,29-28-,32-31-,35-34-,38-37-,41-40-. The molecule has 1 amide bonds. The maximum Gasteiger partial charge on any atom is 0.220 e. The van der Waals surface area contributed by atoms with Crippen LogP contribution in [0.3, 0.4) is 0 Å². The summed E-state index contributed by atoms with van der Waals surface area (Å²) < 4.78 is 34.0. The van der Waals surface area contributed by atoms with E-state index in [2.05, 4.69) is 165 Å². The first-order valence-electron chi connectivity index (χ1n) is 32.1. The molecular weight excluding hydrogens is 1130 g/mol. The summed E-state index contributed by atoms with van der Waals surface area (Å²) >= 11 is 0. The van der Waals surface area contributed by atoms with Crippen LogP contribution in [0.15, 0.2) is 146 Å². The van der Waals surface area contributed by atoms with Crippen LogP contribution >= 0.6 is 0 Å². The molecule has 88 heavy (non-hydrogen) atoms. The average molecular weight is 1240 g/mol. The van der Waals surface area contributed by atoms with Gasteiger partial charge in [-0.25, -0.2) is 0 Å². The van der Waals surface area contributed by atoms with Crippen molar-refractivity contribution >= 4 is 5.91 Å². The molecule has 0 spiro atoms. The number of carbonyl (C=O) groups excluding carboxylic acids is 1. The lowest BCUT2D eigenvalue weighted by atomic mass is 9.96. The molecule has 12 N–H and O–H groups in total. The topological polar surface area (TPSA) is 307 Å². The van der Waals surface area contributed by atoms with Crippen LogP contribution in [0.1, 0.15) is 149 Å². The van der Waals surface area contributed by atoms with Gasteiger partial charge in [0, 0.05) is 6.42 Å². The van der Waals surface area contributed by atoms with Crippen LogP contribution in [-0.2, 0) is 33.2 Å². The molecule has 498 valence electrons. The van der Waals surface area contributed by atoms with Crippen molar-refractivity contribution in [1.82, 2.24) is 5.32 Å². The molecule has 0 aromatic rings. The molecule has 3 rings (SSSR count). The summed E-state index contributed by atoms with van der Waals surface area (Å²) in [7, 11) is 0. The number of nitrogens with one attached hydrogen (secondary N) is 1. The maximum atomic E-state index is 13.2. The Hall–Kier alpha value is -4.33. The van der Waals surface area contributed by atoms with E-state index in [-0.39, 0.29) is 18.9 Å². The molecule has 17 atom stereocenters. The zero-order valence-corrected chi connectivity index (χ0v) is 52.1. The van der Waals surface area contributed by atoms with E-state index in [9.17, 15) is 61.0 Å². The third kappa shape index (κ3) is 31.6. The summed E-state index contributed by atoms with van der Waals surface area (Å²) in [4.78, 5) is 13.2. The molecule has 0 aliphatic carbocycles. The number of aliphatic hydroxyl groups is 11. The first-order valence-corrected chi connectivity index (χ1v) is 32.1. The number of ether oxygens (including phenoxy) is 6. The van der Waals surface area contributed by atoms with Crippen molar-refractivity contribution in [2.75, 3.05) is 26.4 Å². The van der Waals surface area contributed by atoms with Gasteiger partial charge in [0.2, 0.25) is 5.91 Å². The SMILES string of the molecule is CC/C=C\C/C=C\C/C=C\C/C=C\C/C=C\C/C=C\C/C=C\C/C=C\C/C=C\C/C=C\C/C=C\C/C=C\CCCCC(=O)NC(COC1OC(CO)C(OC2OC(CO)C(OC3OC(CO)C(O)C(O)C3O)C(O)C2O)C(O)C1O)C(O)CCCCCC. The first-order chi connectivity index (χ1) is 42.8. The van der Waals surface area contributed by atoms with Crippen LogP contribution in [0.5, 0.6) is 0 Å². The fourth-order valence-electron chi connectivity index (χ4n) is 9.70. The molecular formula is C69H109NO18. The van der Waals surface area contributed by atoms with Crippen molar-refractivity contribution in [3.63, 3.8) is 0 Å². The third-order valence-corrected chi connectivity index (χ3v) is 14.9. The first kappa shape index (κ1) is 77.9. The number of aliphatic hydroxyl groups excluding tert-OH is 11. The minimum Gasteiger partial charge on any atom is -0.394 e. The van der Waals surface area contributed by atoms with Gasteiger partial charge in [0.15, 0.2) is 18.9 Å². The van der Waals surface area contributed by atoms with E-state index in [1.54, 1.807) is 0 Å². The molecule has 3 saturated heterocycles. The van der Waals surface area contributed by atoms with E-state index in [0.29, 0.717) is 19.3 Å². The van der Waals surface area contributed by atoms with E-state index in [1.807, 2.05) is 0 Å². The van der Waals surface area contributed by atoms with E-state index < -0.39 is 124 Å². The van der Waals surface area contributed by atoms with E-state index in [1.165, 1.54) is 0 Å². The van der Waals surface area contributed by atoms with Gasteiger partial charge in [0.25, 0.3) is 0 Å². The summed E-state index contributed by atoms with van der Waals surface area (Å²) in [5.74, 6) is -0.303. The Morgan fingerprint density at radius 3 is 1.18 bits per heavy atom. The van der Waals surface area contributed by atoms with Crippen molar-refractivity contribution < 1.29 is 89.4 Å². The quantitative estimate of drug-likeness (QED) is 0.0212. The average Bonchev–Trinajstić information content (AvgIpc) is 1.13. The normalized spacial score (nSPS) is 29.4. The monoisotopic (exact) mass is 1240 g/mol. The van der Waals surface area contributed by atoms with Crippen molar-refractivity contribution in [2.45, 2.75) is 253 Å². The fourth-order valence-corrected chi connectivity index (χ4v) is 9.70. The molecule has 3 heterocycles. The molecule has 0 bridgehead atoms. The number of hydrogen-bond acceptors (Lipinski definition) is 18. The lowest BCUT2D eigenvalue weighted by Crippen LogP contribution is -2.66. The minimum absolute atomic E-state index is 0.198.